The average molecular weight is 462 g/mol. The SMILES string of the molecule is O=CC1CCN([C@@H]2NCCc3ccccc32)[C@@H]1P(=O)(Oc1ccccc1)Oc1ccccc1. The highest BCUT2D eigenvalue weighted by molar-refractivity contribution is 7.55. The van der Waals surface area contributed by atoms with Crippen molar-refractivity contribution in [3.63, 3.8) is 0 Å². The fourth-order valence-corrected chi connectivity index (χ4v) is 7.21. The molecule has 2 aliphatic heterocycles. The highest BCUT2D eigenvalue weighted by Crippen LogP contribution is 2.59. The molecule has 5 rings (SSSR count). The molecule has 0 saturated carbocycles. The van der Waals surface area contributed by atoms with E-state index < -0.39 is 19.3 Å². The van der Waals surface area contributed by atoms with Gasteiger partial charge in [0, 0.05) is 19.0 Å². The fourth-order valence-electron chi connectivity index (χ4n) is 4.82. The van der Waals surface area contributed by atoms with Crippen LogP contribution in [0.4, 0.5) is 0 Å². The van der Waals surface area contributed by atoms with E-state index in [1.54, 1.807) is 24.3 Å². The molecule has 1 fully saturated rings. The number of nitrogens with one attached hydrogen (secondary N) is 1. The molecule has 0 radical (unpaired) electrons. The molecule has 2 heterocycles. The Balaban J connectivity index is 1.56. The monoisotopic (exact) mass is 462 g/mol. The first-order chi connectivity index (χ1) is 16.2. The van der Waals surface area contributed by atoms with Gasteiger partial charge in [0.2, 0.25) is 0 Å². The highest BCUT2D eigenvalue weighted by atomic mass is 31.2. The molecule has 1 N–H and O–H groups in total. The average Bonchev–Trinajstić information content (AvgIpc) is 3.30. The summed E-state index contributed by atoms with van der Waals surface area (Å²) in [6.07, 6.45) is 2.25. The molecule has 3 aromatic carbocycles. The van der Waals surface area contributed by atoms with Gasteiger partial charge >= 0.3 is 7.60 Å². The van der Waals surface area contributed by atoms with Gasteiger partial charge in [-0.2, -0.15) is 0 Å². The Bertz CT molecular complexity index is 1100. The minimum atomic E-state index is -3.86. The summed E-state index contributed by atoms with van der Waals surface area (Å²) in [4.78, 5) is 14.3. The summed E-state index contributed by atoms with van der Waals surface area (Å²) in [7, 11) is -3.86. The van der Waals surface area contributed by atoms with E-state index in [-0.39, 0.29) is 6.17 Å². The Kier molecular flexibility index (Phi) is 6.32. The second kappa shape index (κ2) is 9.52. The predicted octanol–water partition coefficient (Wildman–Crippen LogP) is 5.03. The third-order valence-corrected chi connectivity index (χ3v) is 8.57. The van der Waals surface area contributed by atoms with E-state index in [4.69, 9.17) is 9.05 Å². The molecule has 1 saturated heterocycles. The largest absolute Gasteiger partial charge is 0.448 e. The standard InChI is InChI=1S/C26H27N2O4P/c29-19-21-16-18-28(25-24-14-8-7-9-20(24)15-17-27-25)26(21)33(30,31-22-10-3-1-4-11-22)32-23-12-5-2-6-13-23/h1-14,19,21,25-27H,15-18H2/t21?,25-,26+/m0/s1. The van der Waals surface area contributed by atoms with Crippen LogP contribution in [0.25, 0.3) is 0 Å². The van der Waals surface area contributed by atoms with Gasteiger partial charge in [0.25, 0.3) is 0 Å². The normalized spacial score (nSPS) is 23.0. The number of fused-ring (bicyclic) bond motifs is 1. The van der Waals surface area contributed by atoms with Crippen LogP contribution in [0, 0.1) is 5.92 Å². The molecular weight excluding hydrogens is 435 g/mol. The van der Waals surface area contributed by atoms with Gasteiger partial charge in [-0.3, -0.25) is 10.2 Å². The first kappa shape index (κ1) is 21.9. The van der Waals surface area contributed by atoms with Crippen LogP contribution in [0.15, 0.2) is 84.9 Å². The van der Waals surface area contributed by atoms with Crippen LogP contribution in [-0.2, 0) is 15.8 Å². The Morgan fingerprint density at radius 1 is 0.879 bits per heavy atom. The summed E-state index contributed by atoms with van der Waals surface area (Å²) in [6, 6.07) is 26.3. The van der Waals surface area contributed by atoms with Crippen molar-refractivity contribution < 1.29 is 18.4 Å². The Hall–Kier alpha value is -2.92. The molecule has 1 unspecified atom stereocenters. The van der Waals surface area contributed by atoms with Crippen molar-refractivity contribution in [3.8, 4) is 11.5 Å². The molecular formula is C26H27N2O4P. The lowest BCUT2D eigenvalue weighted by Crippen LogP contribution is -2.46. The molecule has 2 aliphatic rings. The summed E-state index contributed by atoms with van der Waals surface area (Å²) in [5.41, 5.74) is 2.41. The van der Waals surface area contributed by atoms with Crippen LogP contribution in [0.2, 0.25) is 0 Å². The van der Waals surface area contributed by atoms with Gasteiger partial charge in [0.15, 0.2) is 0 Å². The minimum absolute atomic E-state index is 0.169. The van der Waals surface area contributed by atoms with Crippen molar-refractivity contribution in [2.45, 2.75) is 24.8 Å². The molecule has 3 aromatic rings. The van der Waals surface area contributed by atoms with Crippen molar-refractivity contribution in [3.05, 3.63) is 96.1 Å². The third kappa shape index (κ3) is 4.47. The van der Waals surface area contributed by atoms with Crippen molar-refractivity contribution >= 4 is 13.9 Å². The number of para-hydroxylation sites is 2. The molecule has 0 spiro atoms. The summed E-state index contributed by atoms with van der Waals surface area (Å²) in [6.45, 7) is 1.42. The molecule has 0 aromatic heterocycles. The molecule has 7 heteroatoms. The summed E-state index contributed by atoms with van der Waals surface area (Å²) < 4.78 is 26.9. The molecule has 0 aliphatic carbocycles. The van der Waals surface area contributed by atoms with Crippen molar-refractivity contribution in [2.75, 3.05) is 13.1 Å². The van der Waals surface area contributed by atoms with Gasteiger partial charge in [-0.1, -0.05) is 60.7 Å². The Labute approximate surface area is 194 Å². The number of carbonyl (C=O) groups is 1. The quantitative estimate of drug-likeness (QED) is 0.393. The lowest BCUT2D eigenvalue weighted by molar-refractivity contribution is -0.111. The van der Waals surface area contributed by atoms with Crippen LogP contribution in [0.3, 0.4) is 0 Å². The van der Waals surface area contributed by atoms with E-state index in [0.29, 0.717) is 24.5 Å². The first-order valence-corrected chi connectivity index (χ1v) is 12.9. The topological polar surface area (TPSA) is 67.9 Å². The molecule has 170 valence electrons. The number of rotatable bonds is 7. The maximum atomic E-state index is 14.6. The van der Waals surface area contributed by atoms with Gasteiger partial charge < -0.3 is 13.8 Å². The smallest absolute Gasteiger partial charge is 0.415 e. The number of likely N-dealkylation sites (tertiary alicyclic amines) is 1. The van der Waals surface area contributed by atoms with E-state index >= 15 is 0 Å². The Morgan fingerprint density at radius 3 is 2.12 bits per heavy atom. The van der Waals surface area contributed by atoms with Crippen molar-refractivity contribution in [1.29, 1.82) is 0 Å². The predicted molar refractivity (Wildman–Crippen MR) is 127 cm³/mol. The van der Waals surface area contributed by atoms with Gasteiger partial charge in [0.1, 0.15) is 23.6 Å². The fraction of sp³-hybridized carbons (Fsp3) is 0.269. The number of benzene rings is 3. The van der Waals surface area contributed by atoms with E-state index in [1.807, 2.05) is 48.5 Å². The van der Waals surface area contributed by atoms with Crippen molar-refractivity contribution in [2.24, 2.45) is 5.92 Å². The number of aldehydes is 1. The van der Waals surface area contributed by atoms with Gasteiger partial charge in [-0.15, -0.1) is 0 Å². The zero-order valence-electron chi connectivity index (χ0n) is 18.2. The first-order valence-electron chi connectivity index (χ1n) is 11.3. The van der Waals surface area contributed by atoms with E-state index in [0.717, 1.165) is 24.8 Å². The van der Waals surface area contributed by atoms with E-state index in [9.17, 15) is 9.36 Å². The maximum Gasteiger partial charge on any atom is 0.448 e. The minimum Gasteiger partial charge on any atom is -0.415 e. The second-order valence-corrected chi connectivity index (χ2v) is 10.4. The lowest BCUT2D eigenvalue weighted by atomic mass is 9.98. The number of carbonyl (C=O) groups excluding carboxylic acids is 1. The molecule has 0 amide bonds. The lowest BCUT2D eigenvalue weighted by Gasteiger charge is -2.39. The van der Waals surface area contributed by atoms with E-state index in [2.05, 4.69) is 22.3 Å². The molecule has 3 atom stereocenters. The molecule has 33 heavy (non-hydrogen) atoms. The summed E-state index contributed by atoms with van der Waals surface area (Å²) >= 11 is 0. The number of hydrogen-bond donors (Lipinski definition) is 1. The molecule has 0 bridgehead atoms. The zero-order chi connectivity index (χ0) is 22.7. The second-order valence-electron chi connectivity index (χ2n) is 8.39. The highest BCUT2D eigenvalue weighted by Gasteiger charge is 2.53. The van der Waals surface area contributed by atoms with E-state index in [1.165, 1.54) is 5.56 Å². The maximum absolute atomic E-state index is 14.6. The van der Waals surface area contributed by atoms with Gasteiger partial charge in [0.05, 0.1) is 6.17 Å². The van der Waals surface area contributed by atoms with Crippen LogP contribution >= 0.6 is 7.60 Å². The van der Waals surface area contributed by atoms with Crippen LogP contribution in [-0.4, -0.2) is 30.1 Å². The number of nitrogens with zero attached hydrogens (tertiary/aromatic N) is 1. The van der Waals surface area contributed by atoms with Gasteiger partial charge in [-0.05, 0) is 48.2 Å². The third-order valence-electron chi connectivity index (χ3n) is 6.31. The zero-order valence-corrected chi connectivity index (χ0v) is 19.1. The summed E-state index contributed by atoms with van der Waals surface area (Å²) in [5.74, 6) is -0.297. The Morgan fingerprint density at radius 2 is 1.48 bits per heavy atom. The van der Waals surface area contributed by atoms with Crippen LogP contribution in [0.1, 0.15) is 23.7 Å². The molecule has 6 nitrogen and oxygen atoms in total. The summed E-state index contributed by atoms with van der Waals surface area (Å²) in [5, 5.41) is 3.57. The van der Waals surface area contributed by atoms with Gasteiger partial charge in [-0.25, -0.2) is 4.57 Å². The van der Waals surface area contributed by atoms with Crippen molar-refractivity contribution in [1.82, 2.24) is 10.2 Å². The van der Waals surface area contributed by atoms with Crippen LogP contribution < -0.4 is 14.4 Å². The number of hydrogen-bond acceptors (Lipinski definition) is 6. The van der Waals surface area contributed by atoms with Crippen LogP contribution in [0.5, 0.6) is 11.5 Å².